The minimum atomic E-state index is -0.822. The average Bonchev–Trinajstić information content (AvgIpc) is 2.30. The number of hydrogen-bond donors (Lipinski definition) is 1. The number of aryl methyl sites for hydroxylation is 2. The van der Waals surface area contributed by atoms with Crippen molar-refractivity contribution >= 4 is 17.6 Å². The molecule has 1 heterocycles. The third-order valence-corrected chi connectivity index (χ3v) is 3.63. The zero-order chi connectivity index (χ0) is 14.0. The van der Waals surface area contributed by atoms with Gasteiger partial charge >= 0.3 is 5.97 Å². The third kappa shape index (κ3) is 3.13. The van der Waals surface area contributed by atoms with Crippen LogP contribution >= 0.6 is 0 Å². The standard InChI is InChI=1S/C15H19NO3/c1-10-3-4-13(11(2)7-10)16-6-5-12(8-14(16)17)9-15(18)19/h3-4,7,12H,5-6,8-9H2,1-2H3,(H,18,19). The number of aliphatic carboxylic acids is 1. The first-order chi connectivity index (χ1) is 8.97. The molecule has 4 heteroatoms. The van der Waals surface area contributed by atoms with Gasteiger partial charge in [0.15, 0.2) is 0 Å². The minimum absolute atomic E-state index is 0.0213. The Bertz CT molecular complexity index is 510. The van der Waals surface area contributed by atoms with E-state index in [2.05, 4.69) is 6.07 Å². The number of hydrogen-bond acceptors (Lipinski definition) is 2. The molecule has 0 saturated carbocycles. The molecule has 1 aliphatic rings. The fourth-order valence-corrected chi connectivity index (χ4v) is 2.68. The highest BCUT2D eigenvalue weighted by Crippen LogP contribution is 2.28. The highest BCUT2D eigenvalue weighted by atomic mass is 16.4. The SMILES string of the molecule is Cc1ccc(N2CCC(CC(=O)O)CC2=O)c(C)c1. The quantitative estimate of drug-likeness (QED) is 0.909. The van der Waals surface area contributed by atoms with E-state index in [1.807, 2.05) is 26.0 Å². The summed E-state index contributed by atoms with van der Waals surface area (Å²) in [5, 5.41) is 8.78. The van der Waals surface area contributed by atoms with Gasteiger partial charge in [-0.3, -0.25) is 9.59 Å². The van der Waals surface area contributed by atoms with E-state index in [1.54, 1.807) is 4.90 Å². The molecule has 1 aromatic carbocycles. The maximum absolute atomic E-state index is 12.2. The Morgan fingerprint density at radius 2 is 2.16 bits per heavy atom. The molecule has 1 aromatic rings. The van der Waals surface area contributed by atoms with Crippen molar-refractivity contribution in [3.63, 3.8) is 0 Å². The van der Waals surface area contributed by atoms with Crippen LogP contribution in [-0.2, 0) is 9.59 Å². The molecule has 2 rings (SSSR count). The van der Waals surface area contributed by atoms with Gasteiger partial charge in [0.25, 0.3) is 0 Å². The second-order valence-electron chi connectivity index (χ2n) is 5.29. The summed E-state index contributed by atoms with van der Waals surface area (Å²) >= 11 is 0. The summed E-state index contributed by atoms with van der Waals surface area (Å²) < 4.78 is 0. The van der Waals surface area contributed by atoms with E-state index in [0.29, 0.717) is 13.0 Å². The Hall–Kier alpha value is -1.84. The van der Waals surface area contributed by atoms with E-state index < -0.39 is 5.97 Å². The van der Waals surface area contributed by atoms with Crippen molar-refractivity contribution < 1.29 is 14.7 Å². The van der Waals surface area contributed by atoms with Gasteiger partial charge in [0.2, 0.25) is 5.91 Å². The van der Waals surface area contributed by atoms with Crippen LogP contribution in [0.1, 0.15) is 30.4 Å². The van der Waals surface area contributed by atoms with Gasteiger partial charge in [0, 0.05) is 25.1 Å². The smallest absolute Gasteiger partial charge is 0.303 e. The zero-order valence-electron chi connectivity index (χ0n) is 11.3. The fraction of sp³-hybridized carbons (Fsp3) is 0.467. The van der Waals surface area contributed by atoms with Crippen molar-refractivity contribution in [3.8, 4) is 0 Å². The molecule has 19 heavy (non-hydrogen) atoms. The molecule has 1 atom stereocenters. The molecule has 1 N–H and O–H groups in total. The van der Waals surface area contributed by atoms with Crippen LogP contribution in [0.5, 0.6) is 0 Å². The van der Waals surface area contributed by atoms with Gasteiger partial charge in [-0.25, -0.2) is 0 Å². The number of carbonyl (C=O) groups excluding carboxylic acids is 1. The summed E-state index contributed by atoms with van der Waals surface area (Å²) in [6.45, 7) is 4.64. The molecular formula is C15H19NO3. The Balaban J connectivity index is 2.11. The molecular weight excluding hydrogens is 242 g/mol. The summed E-state index contributed by atoms with van der Waals surface area (Å²) in [6, 6.07) is 6.03. The van der Waals surface area contributed by atoms with Crippen LogP contribution in [0.2, 0.25) is 0 Å². The molecule has 102 valence electrons. The van der Waals surface area contributed by atoms with Crippen molar-refractivity contribution in [2.24, 2.45) is 5.92 Å². The topological polar surface area (TPSA) is 57.6 Å². The summed E-state index contributed by atoms with van der Waals surface area (Å²) in [5.41, 5.74) is 3.21. The predicted molar refractivity (Wildman–Crippen MR) is 73.2 cm³/mol. The Morgan fingerprint density at radius 1 is 1.42 bits per heavy atom. The van der Waals surface area contributed by atoms with Crippen LogP contribution in [0.3, 0.4) is 0 Å². The van der Waals surface area contributed by atoms with Crippen LogP contribution in [0, 0.1) is 19.8 Å². The lowest BCUT2D eigenvalue weighted by atomic mass is 9.92. The Morgan fingerprint density at radius 3 is 2.74 bits per heavy atom. The van der Waals surface area contributed by atoms with Gasteiger partial charge in [-0.1, -0.05) is 17.7 Å². The molecule has 0 radical (unpaired) electrons. The van der Waals surface area contributed by atoms with Gasteiger partial charge in [0.1, 0.15) is 0 Å². The van der Waals surface area contributed by atoms with Crippen molar-refractivity contribution in [3.05, 3.63) is 29.3 Å². The highest BCUT2D eigenvalue weighted by Gasteiger charge is 2.28. The van der Waals surface area contributed by atoms with E-state index in [1.165, 1.54) is 5.56 Å². The molecule has 0 aliphatic carbocycles. The molecule has 0 aromatic heterocycles. The number of carboxylic acid groups (broad SMARTS) is 1. The number of rotatable bonds is 3. The summed E-state index contributed by atoms with van der Waals surface area (Å²) in [4.78, 5) is 24.6. The minimum Gasteiger partial charge on any atom is -0.481 e. The van der Waals surface area contributed by atoms with E-state index >= 15 is 0 Å². The lowest BCUT2D eigenvalue weighted by Crippen LogP contribution is -2.39. The fourth-order valence-electron chi connectivity index (χ4n) is 2.68. The lowest BCUT2D eigenvalue weighted by Gasteiger charge is -2.32. The number of amides is 1. The monoisotopic (exact) mass is 261 g/mol. The van der Waals surface area contributed by atoms with Gasteiger partial charge in [-0.2, -0.15) is 0 Å². The van der Waals surface area contributed by atoms with Gasteiger partial charge < -0.3 is 10.0 Å². The van der Waals surface area contributed by atoms with Crippen LogP contribution in [0.4, 0.5) is 5.69 Å². The predicted octanol–water partition coefficient (Wildman–Crippen LogP) is 2.52. The number of carbonyl (C=O) groups is 2. The summed E-state index contributed by atoms with van der Waals surface area (Å²) in [7, 11) is 0. The number of benzene rings is 1. The molecule has 1 saturated heterocycles. The molecule has 1 fully saturated rings. The number of piperidine rings is 1. The van der Waals surface area contributed by atoms with Crippen molar-refractivity contribution in [2.45, 2.75) is 33.1 Å². The van der Waals surface area contributed by atoms with Crippen molar-refractivity contribution in [1.82, 2.24) is 0 Å². The number of anilines is 1. The second kappa shape index (κ2) is 5.43. The van der Waals surface area contributed by atoms with Gasteiger partial charge in [-0.15, -0.1) is 0 Å². The lowest BCUT2D eigenvalue weighted by molar-refractivity contribution is -0.138. The Kier molecular flexibility index (Phi) is 3.88. The maximum atomic E-state index is 12.2. The van der Waals surface area contributed by atoms with Gasteiger partial charge in [0.05, 0.1) is 0 Å². The van der Waals surface area contributed by atoms with Crippen molar-refractivity contribution in [1.29, 1.82) is 0 Å². The van der Waals surface area contributed by atoms with E-state index in [-0.39, 0.29) is 18.2 Å². The summed E-state index contributed by atoms with van der Waals surface area (Å²) in [6.07, 6.45) is 1.18. The molecule has 1 amide bonds. The first-order valence-corrected chi connectivity index (χ1v) is 6.57. The first kappa shape index (κ1) is 13.6. The third-order valence-electron chi connectivity index (χ3n) is 3.63. The number of carboxylic acids is 1. The van der Waals surface area contributed by atoms with Crippen LogP contribution < -0.4 is 4.90 Å². The summed E-state index contributed by atoms with van der Waals surface area (Å²) in [5.74, 6) is -0.811. The van der Waals surface area contributed by atoms with Crippen LogP contribution in [-0.4, -0.2) is 23.5 Å². The van der Waals surface area contributed by atoms with Gasteiger partial charge in [-0.05, 0) is 37.8 Å². The van der Waals surface area contributed by atoms with E-state index in [9.17, 15) is 9.59 Å². The second-order valence-corrected chi connectivity index (χ2v) is 5.29. The zero-order valence-corrected chi connectivity index (χ0v) is 11.3. The molecule has 4 nitrogen and oxygen atoms in total. The number of nitrogens with zero attached hydrogens (tertiary/aromatic N) is 1. The molecule has 1 unspecified atom stereocenters. The maximum Gasteiger partial charge on any atom is 0.303 e. The Labute approximate surface area is 113 Å². The average molecular weight is 261 g/mol. The molecule has 0 spiro atoms. The highest BCUT2D eigenvalue weighted by molar-refractivity contribution is 5.95. The van der Waals surface area contributed by atoms with Crippen molar-refractivity contribution in [2.75, 3.05) is 11.4 Å². The van der Waals surface area contributed by atoms with E-state index in [0.717, 1.165) is 17.7 Å². The van der Waals surface area contributed by atoms with Crippen LogP contribution in [0.25, 0.3) is 0 Å². The molecule has 0 bridgehead atoms. The van der Waals surface area contributed by atoms with Crippen LogP contribution in [0.15, 0.2) is 18.2 Å². The first-order valence-electron chi connectivity index (χ1n) is 6.57. The normalized spacial score (nSPS) is 19.6. The largest absolute Gasteiger partial charge is 0.481 e. The molecule has 1 aliphatic heterocycles. The van der Waals surface area contributed by atoms with E-state index in [4.69, 9.17) is 5.11 Å².